The summed E-state index contributed by atoms with van der Waals surface area (Å²) in [6.45, 7) is 3.40. The number of hydrogen-bond donors (Lipinski definition) is 0. The molecule has 1 heterocycles. The molecule has 1 aliphatic rings. The van der Waals surface area contributed by atoms with E-state index in [1.807, 2.05) is 30.3 Å². The smallest absolute Gasteiger partial charge is 0.210 e. The van der Waals surface area contributed by atoms with Crippen LogP contribution in [0.1, 0.15) is 25.0 Å². The van der Waals surface area contributed by atoms with Crippen LogP contribution in [0, 0.1) is 0 Å². The molecule has 3 rings (SSSR count). The van der Waals surface area contributed by atoms with E-state index in [2.05, 4.69) is 0 Å². The predicted octanol–water partition coefficient (Wildman–Crippen LogP) is 3.99. The van der Waals surface area contributed by atoms with Gasteiger partial charge in [-0.2, -0.15) is 0 Å². The van der Waals surface area contributed by atoms with E-state index in [1.165, 1.54) is 12.1 Å². The standard InChI is InChI=1S/C19H17ClO4S/c1-19(2)18(21)16(12-7-5-4-6-8-12)17(24-19)14-10-9-13(11-15(14)20)25(3,22)23/h4-11H,1-3H3. The Hall–Kier alpha value is -2.11. The number of carbonyl (C=O) groups excluding carboxylic acids is 1. The van der Waals surface area contributed by atoms with Gasteiger partial charge in [-0.1, -0.05) is 41.9 Å². The molecule has 1 aliphatic heterocycles. The number of benzene rings is 2. The molecule has 0 aromatic heterocycles. The first-order valence-corrected chi connectivity index (χ1v) is 9.92. The van der Waals surface area contributed by atoms with E-state index in [4.69, 9.17) is 16.3 Å². The zero-order valence-electron chi connectivity index (χ0n) is 14.0. The van der Waals surface area contributed by atoms with Gasteiger partial charge >= 0.3 is 0 Å². The van der Waals surface area contributed by atoms with Gasteiger partial charge in [0.15, 0.2) is 15.4 Å². The first-order chi connectivity index (χ1) is 11.6. The summed E-state index contributed by atoms with van der Waals surface area (Å²) in [5.74, 6) is 0.225. The van der Waals surface area contributed by atoms with Crippen LogP contribution in [-0.4, -0.2) is 26.1 Å². The van der Waals surface area contributed by atoms with Gasteiger partial charge in [0.05, 0.1) is 15.5 Å². The van der Waals surface area contributed by atoms with Crippen LogP contribution in [-0.2, 0) is 19.4 Å². The van der Waals surface area contributed by atoms with Crippen molar-refractivity contribution in [1.29, 1.82) is 0 Å². The molecular formula is C19H17ClO4S. The van der Waals surface area contributed by atoms with E-state index in [9.17, 15) is 13.2 Å². The zero-order chi connectivity index (χ0) is 18.4. The fraction of sp³-hybridized carbons (Fsp3) is 0.211. The lowest BCUT2D eigenvalue weighted by molar-refractivity contribution is -0.125. The number of sulfone groups is 1. The molecule has 0 saturated carbocycles. The van der Waals surface area contributed by atoms with Crippen LogP contribution in [0.5, 0.6) is 0 Å². The van der Waals surface area contributed by atoms with Gasteiger partial charge < -0.3 is 4.74 Å². The Bertz CT molecular complexity index is 989. The highest BCUT2D eigenvalue weighted by atomic mass is 35.5. The third-order valence-corrected chi connectivity index (χ3v) is 5.46. The summed E-state index contributed by atoms with van der Waals surface area (Å²) >= 11 is 6.32. The molecule has 25 heavy (non-hydrogen) atoms. The van der Waals surface area contributed by atoms with Crippen LogP contribution in [0.25, 0.3) is 11.3 Å². The number of hydrogen-bond acceptors (Lipinski definition) is 4. The lowest BCUT2D eigenvalue weighted by Crippen LogP contribution is -2.29. The maximum atomic E-state index is 12.8. The van der Waals surface area contributed by atoms with Crippen molar-refractivity contribution in [2.24, 2.45) is 0 Å². The van der Waals surface area contributed by atoms with Crippen molar-refractivity contribution in [2.45, 2.75) is 24.3 Å². The van der Waals surface area contributed by atoms with E-state index in [0.29, 0.717) is 16.9 Å². The van der Waals surface area contributed by atoms with Crippen LogP contribution < -0.4 is 0 Å². The molecule has 0 fully saturated rings. The topological polar surface area (TPSA) is 60.4 Å². The Morgan fingerprint density at radius 2 is 1.68 bits per heavy atom. The highest BCUT2D eigenvalue weighted by Crippen LogP contribution is 2.43. The summed E-state index contributed by atoms with van der Waals surface area (Å²) in [5.41, 5.74) is 0.655. The van der Waals surface area contributed by atoms with Crippen LogP contribution in [0.4, 0.5) is 0 Å². The number of halogens is 1. The average molecular weight is 377 g/mol. The van der Waals surface area contributed by atoms with Crippen molar-refractivity contribution in [3.8, 4) is 0 Å². The van der Waals surface area contributed by atoms with Gasteiger partial charge in [-0.3, -0.25) is 4.79 Å². The minimum atomic E-state index is -3.37. The minimum Gasteiger partial charge on any atom is -0.478 e. The molecule has 2 aromatic carbocycles. The van der Waals surface area contributed by atoms with Gasteiger partial charge in [0.25, 0.3) is 0 Å². The lowest BCUT2D eigenvalue weighted by atomic mass is 9.93. The molecule has 4 nitrogen and oxygen atoms in total. The Morgan fingerprint density at radius 1 is 1.04 bits per heavy atom. The first-order valence-electron chi connectivity index (χ1n) is 7.65. The zero-order valence-corrected chi connectivity index (χ0v) is 15.6. The molecule has 0 N–H and O–H groups in total. The van der Waals surface area contributed by atoms with Gasteiger partial charge in [0, 0.05) is 11.8 Å². The number of Topliss-reactive ketones (excluding diaryl/α,β-unsaturated/α-hetero) is 1. The van der Waals surface area contributed by atoms with Gasteiger partial charge in [-0.25, -0.2) is 8.42 Å². The van der Waals surface area contributed by atoms with E-state index in [1.54, 1.807) is 19.9 Å². The first kappa shape index (κ1) is 17.7. The fourth-order valence-electron chi connectivity index (χ4n) is 2.72. The van der Waals surface area contributed by atoms with E-state index in [0.717, 1.165) is 11.8 Å². The molecule has 130 valence electrons. The Labute approximate surface area is 152 Å². The van der Waals surface area contributed by atoms with Crippen LogP contribution >= 0.6 is 11.6 Å². The number of carbonyl (C=O) groups is 1. The molecule has 0 amide bonds. The lowest BCUT2D eigenvalue weighted by Gasteiger charge is -2.18. The molecule has 0 radical (unpaired) electrons. The van der Waals surface area contributed by atoms with E-state index in [-0.39, 0.29) is 15.7 Å². The van der Waals surface area contributed by atoms with Crippen molar-refractivity contribution in [3.05, 3.63) is 64.7 Å². The van der Waals surface area contributed by atoms with Crippen molar-refractivity contribution < 1.29 is 17.9 Å². The SMILES string of the molecule is CC1(C)OC(c2ccc(S(C)(=O)=O)cc2Cl)=C(c2ccccc2)C1=O. The molecule has 0 atom stereocenters. The quantitative estimate of drug-likeness (QED) is 0.812. The van der Waals surface area contributed by atoms with Crippen molar-refractivity contribution >= 4 is 38.6 Å². The van der Waals surface area contributed by atoms with Crippen molar-refractivity contribution in [2.75, 3.05) is 6.26 Å². The number of ether oxygens (including phenoxy) is 1. The van der Waals surface area contributed by atoms with Crippen molar-refractivity contribution in [3.63, 3.8) is 0 Å². The molecule has 0 saturated heterocycles. The normalized spacial score (nSPS) is 16.9. The van der Waals surface area contributed by atoms with Gasteiger partial charge in [0.2, 0.25) is 5.78 Å². The van der Waals surface area contributed by atoms with E-state index < -0.39 is 15.4 Å². The summed E-state index contributed by atoms with van der Waals surface area (Å²) in [7, 11) is -3.37. The highest BCUT2D eigenvalue weighted by Gasteiger charge is 2.43. The van der Waals surface area contributed by atoms with Gasteiger partial charge in [-0.05, 0) is 37.6 Å². The summed E-state index contributed by atoms with van der Waals surface area (Å²) in [4.78, 5) is 12.9. The third kappa shape index (κ3) is 3.22. The van der Waals surface area contributed by atoms with Gasteiger partial charge in [-0.15, -0.1) is 0 Å². The minimum absolute atomic E-state index is 0.117. The molecular weight excluding hydrogens is 360 g/mol. The molecule has 0 aliphatic carbocycles. The van der Waals surface area contributed by atoms with Crippen LogP contribution in [0.3, 0.4) is 0 Å². The third-order valence-electron chi connectivity index (χ3n) is 4.03. The monoisotopic (exact) mass is 376 g/mol. The van der Waals surface area contributed by atoms with E-state index >= 15 is 0 Å². The summed E-state index contributed by atoms with van der Waals surface area (Å²) < 4.78 is 29.3. The second kappa shape index (κ2) is 6.00. The van der Waals surface area contributed by atoms with Crippen LogP contribution in [0.2, 0.25) is 5.02 Å². The molecule has 6 heteroatoms. The Morgan fingerprint density at radius 3 is 2.24 bits per heavy atom. The summed E-state index contributed by atoms with van der Waals surface area (Å²) in [6.07, 6.45) is 1.12. The van der Waals surface area contributed by atoms with Crippen LogP contribution in [0.15, 0.2) is 53.4 Å². The fourth-order valence-corrected chi connectivity index (χ4v) is 3.70. The average Bonchev–Trinajstić information content (AvgIpc) is 2.77. The second-order valence-corrected chi connectivity index (χ2v) is 8.85. The predicted molar refractivity (Wildman–Crippen MR) is 98.0 cm³/mol. The molecule has 0 bridgehead atoms. The maximum absolute atomic E-state index is 12.8. The second-order valence-electron chi connectivity index (χ2n) is 6.43. The maximum Gasteiger partial charge on any atom is 0.210 e. The number of rotatable bonds is 3. The molecule has 0 spiro atoms. The largest absolute Gasteiger partial charge is 0.478 e. The summed E-state index contributed by atoms with van der Waals surface area (Å²) in [5, 5.41) is 0.219. The van der Waals surface area contributed by atoms with Crippen molar-refractivity contribution in [1.82, 2.24) is 0 Å². The van der Waals surface area contributed by atoms with Gasteiger partial charge in [0.1, 0.15) is 5.76 Å². The number of ketones is 1. The highest BCUT2D eigenvalue weighted by molar-refractivity contribution is 7.90. The Balaban J connectivity index is 2.22. The molecule has 2 aromatic rings. The Kier molecular flexibility index (Phi) is 4.25. The summed E-state index contributed by atoms with van der Waals surface area (Å²) in [6, 6.07) is 13.6. The molecule has 0 unspecified atom stereocenters.